The molecule has 0 bridgehead atoms. The molecule has 0 aliphatic heterocycles. The Balaban J connectivity index is 1.85. The van der Waals surface area contributed by atoms with Crippen LogP contribution in [0, 0.1) is 28.7 Å². The van der Waals surface area contributed by atoms with Crippen molar-refractivity contribution in [3.05, 3.63) is 68.5 Å². The Bertz CT molecular complexity index is 1070. The van der Waals surface area contributed by atoms with Crippen molar-refractivity contribution in [2.75, 3.05) is 5.32 Å². The first-order valence-electron chi connectivity index (χ1n) is 8.13. The number of H-pyrrole nitrogens is 1. The van der Waals surface area contributed by atoms with E-state index in [1.165, 1.54) is 12.1 Å². The molecule has 2 aromatic carbocycles. The quantitative estimate of drug-likeness (QED) is 0.396. The molecule has 0 unspecified atom stereocenters. The second-order valence-corrected chi connectivity index (χ2v) is 6.45. The Morgan fingerprint density at radius 2 is 1.96 bits per heavy atom. The van der Waals surface area contributed by atoms with Gasteiger partial charge in [-0.15, -0.1) is 0 Å². The Morgan fingerprint density at radius 3 is 2.63 bits per heavy atom. The van der Waals surface area contributed by atoms with E-state index in [1.54, 1.807) is 17.6 Å². The molecular weight excluding hydrogens is 366 g/mol. The summed E-state index contributed by atoms with van der Waals surface area (Å²) in [6.07, 6.45) is 0. The Kier molecular flexibility index (Phi) is 5.13. The summed E-state index contributed by atoms with van der Waals surface area (Å²) in [6, 6.07) is 12.2. The Hall–Kier alpha value is -3.33. The van der Waals surface area contributed by atoms with Gasteiger partial charge in [0, 0.05) is 11.6 Å². The highest BCUT2D eigenvalue weighted by Gasteiger charge is 2.16. The summed E-state index contributed by atoms with van der Waals surface area (Å²) in [6.45, 7) is 3.51. The monoisotopic (exact) mass is 383 g/mol. The van der Waals surface area contributed by atoms with Gasteiger partial charge < -0.3 is 5.32 Å². The number of nitro groups is 1. The van der Waals surface area contributed by atoms with E-state index in [4.69, 9.17) is 12.2 Å². The average molecular weight is 383 g/mol. The molecule has 8 nitrogen and oxygen atoms in total. The van der Waals surface area contributed by atoms with E-state index in [0.717, 1.165) is 11.1 Å². The Labute approximate surface area is 160 Å². The van der Waals surface area contributed by atoms with Crippen LogP contribution in [0.15, 0.2) is 42.5 Å². The number of carbonyl (C=O) groups is 1. The second kappa shape index (κ2) is 7.50. The molecule has 0 saturated carbocycles. The molecule has 0 saturated heterocycles. The third-order valence-corrected chi connectivity index (χ3v) is 4.46. The molecule has 1 amide bonds. The Morgan fingerprint density at radius 1 is 1.26 bits per heavy atom. The van der Waals surface area contributed by atoms with Crippen LogP contribution in [0.25, 0.3) is 11.4 Å². The predicted octanol–water partition coefficient (Wildman–Crippen LogP) is 3.77. The van der Waals surface area contributed by atoms with Crippen molar-refractivity contribution in [3.63, 3.8) is 0 Å². The lowest BCUT2D eigenvalue weighted by Crippen LogP contribution is -2.20. The molecule has 0 spiro atoms. The fourth-order valence-electron chi connectivity index (χ4n) is 2.68. The summed E-state index contributed by atoms with van der Waals surface area (Å²) < 4.78 is 1.90. The van der Waals surface area contributed by atoms with Gasteiger partial charge in [0.1, 0.15) is 6.54 Å². The van der Waals surface area contributed by atoms with Gasteiger partial charge in [0.05, 0.1) is 16.2 Å². The second-order valence-electron chi connectivity index (χ2n) is 6.06. The highest BCUT2D eigenvalue weighted by Crippen LogP contribution is 2.25. The number of carbonyl (C=O) groups excluding carboxylic acids is 1. The molecule has 0 fully saturated rings. The van der Waals surface area contributed by atoms with Gasteiger partial charge in [-0.2, -0.15) is 5.10 Å². The number of rotatable bonds is 5. The standard InChI is InChI=1S/C18H17N5O3S/c1-11-6-8-13(9-7-11)17-20-21-18(27)22(17)10-16(24)19-14-4-3-5-15(12(14)2)23(25)26/h3-9H,10H2,1-2H3,(H,19,24)(H,21,27). The molecule has 9 heteroatoms. The van der Waals surface area contributed by atoms with Gasteiger partial charge in [-0.05, 0) is 32.1 Å². The van der Waals surface area contributed by atoms with E-state index in [0.29, 0.717) is 21.8 Å². The van der Waals surface area contributed by atoms with Crippen LogP contribution in [-0.2, 0) is 11.3 Å². The number of nitro benzene ring substituents is 1. The number of amides is 1. The molecular formula is C18H17N5O3S. The fourth-order valence-corrected chi connectivity index (χ4v) is 2.87. The molecule has 27 heavy (non-hydrogen) atoms. The van der Waals surface area contributed by atoms with Crippen LogP contribution in [0.4, 0.5) is 11.4 Å². The minimum Gasteiger partial charge on any atom is -0.324 e. The number of benzene rings is 2. The molecule has 138 valence electrons. The van der Waals surface area contributed by atoms with Crippen LogP contribution in [0.1, 0.15) is 11.1 Å². The predicted molar refractivity (Wildman–Crippen MR) is 104 cm³/mol. The first-order chi connectivity index (χ1) is 12.9. The van der Waals surface area contributed by atoms with Gasteiger partial charge in [0.2, 0.25) is 5.91 Å². The maximum absolute atomic E-state index is 12.5. The first-order valence-corrected chi connectivity index (χ1v) is 8.53. The van der Waals surface area contributed by atoms with Crippen LogP contribution in [0.3, 0.4) is 0 Å². The highest BCUT2D eigenvalue weighted by atomic mass is 32.1. The molecule has 0 radical (unpaired) electrons. The molecule has 2 N–H and O–H groups in total. The van der Waals surface area contributed by atoms with Crippen LogP contribution in [0.2, 0.25) is 0 Å². The van der Waals surface area contributed by atoms with Crippen molar-refractivity contribution < 1.29 is 9.72 Å². The number of aromatic nitrogens is 3. The lowest BCUT2D eigenvalue weighted by atomic mass is 10.1. The number of anilines is 1. The third-order valence-electron chi connectivity index (χ3n) is 4.15. The average Bonchev–Trinajstić information content (AvgIpc) is 2.98. The molecule has 3 rings (SSSR count). The van der Waals surface area contributed by atoms with Gasteiger partial charge >= 0.3 is 0 Å². The number of aryl methyl sites for hydroxylation is 1. The SMILES string of the molecule is Cc1ccc(-c2n[nH]c(=S)n2CC(=O)Nc2cccc([N+](=O)[O-])c2C)cc1. The van der Waals surface area contributed by atoms with E-state index in [9.17, 15) is 14.9 Å². The molecule has 1 heterocycles. The zero-order chi connectivity index (χ0) is 19.6. The molecule has 3 aromatic rings. The molecule has 0 atom stereocenters. The van der Waals surface area contributed by atoms with Crippen LogP contribution < -0.4 is 5.32 Å². The zero-order valence-electron chi connectivity index (χ0n) is 14.7. The maximum Gasteiger partial charge on any atom is 0.274 e. The van der Waals surface area contributed by atoms with Crippen LogP contribution >= 0.6 is 12.2 Å². The van der Waals surface area contributed by atoms with E-state index >= 15 is 0 Å². The lowest BCUT2D eigenvalue weighted by molar-refractivity contribution is -0.385. The summed E-state index contributed by atoms with van der Waals surface area (Å²) in [5.74, 6) is 0.190. The van der Waals surface area contributed by atoms with Crippen molar-refractivity contribution in [1.82, 2.24) is 14.8 Å². The lowest BCUT2D eigenvalue weighted by Gasteiger charge is -2.10. The molecule has 0 aliphatic carbocycles. The van der Waals surface area contributed by atoms with Crippen LogP contribution in [-0.4, -0.2) is 25.6 Å². The smallest absolute Gasteiger partial charge is 0.274 e. The molecule has 0 aliphatic rings. The number of nitrogens with zero attached hydrogens (tertiary/aromatic N) is 3. The topological polar surface area (TPSA) is 106 Å². The number of hydrogen-bond donors (Lipinski definition) is 2. The number of aromatic amines is 1. The summed E-state index contributed by atoms with van der Waals surface area (Å²) in [5.41, 5.74) is 2.67. The van der Waals surface area contributed by atoms with Gasteiger partial charge in [-0.1, -0.05) is 35.9 Å². The summed E-state index contributed by atoms with van der Waals surface area (Å²) in [7, 11) is 0. The summed E-state index contributed by atoms with van der Waals surface area (Å²) >= 11 is 5.24. The van der Waals surface area contributed by atoms with E-state index < -0.39 is 4.92 Å². The van der Waals surface area contributed by atoms with Gasteiger partial charge in [-0.25, -0.2) is 0 Å². The van der Waals surface area contributed by atoms with Crippen molar-refractivity contribution in [3.8, 4) is 11.4 Å². The van der Waals surface area contributed by atoms with Crippen molar-refractivity contribution >= 4 is 29.5 Å². The third kappa shape index (κ3) is 3.93. The largest absolute Gasteiger partial charge is 0.324 e. The highest BCUT2D eigenvalue weighted by molar-refractivity contribution is 7.71. The minimum absolute atomic E-state index is 0.0481. The number of hydrogen-bond acceptors (Lipinski definition) is 5. The van der Waals surface area contributed by atoms with Crippen molar-refractivity contribution in [2.45, 2.75) is 20.4 Å². The maximum atomic E-state index is 12.5. The van der Waals surface area contributed by atoms with E-state index in [1.807, 2.05) is 31.2 Å². The zero-order valence-corrected chi connectivity index (χ0v) is 15.5. The molecule has 1 aromatic heterocycles. The van der Waals surface area contributed by atoms with Crippen LogP contribution in [0.5, 0.6) is 0 Å². The van der Waals surface area contributed by atoms with Crippen molar-refractivity contribution in [1.29, 1.82) is 0 Å². The minimum atomic E-state index is -0.480. The van der Waals surface area contributed by atoms with Crippen molar-refractivity contribution in [2.24, 2.45) is 0 Å². The fraction of sp³-hybridized carbons (Fsp3) is 0.167. The summed E-state index contributed by atoms with van der Waals surface area (Å²) in [4.78, 5) is 23.1. The van der Waals surface area contributed by atoms with Gasteiger partial charge in [0.15, 0.2) is 10.6 Å². The van der Waals surface area contributed by atoms with Gasteiger partial charge in [-0.3, -0.25) is 24.6 Å². The summed E-state index contributed by atoms with van der Waals surface area (Å²) in [5, 5.41) is 20.7. The first kappa shape index (κ1) is 18.5. The normalized spacial score (nSPS) is 10.6. The van der Waals surface area contributed by atoms with Gasteiger partial charge in [0.25, 0.3) is 5.69 Å². The van der Waals surface area contributed by atoms with E-state index in [-0.39, 0.29) is 18.1 Å². The number of nitrogens with one attached hydrogen (secondary N) is 2. The van der Waals surface area contributed by atoms with E-state index in [2.05, 4.69) is 15.5 Å².